The molecule has 0 aromatic rings. The van der Waals surface area contributed by atoms with E-state index in [1.807, 2.05) is 6.08 Å². The highest BCUT2D eigenvalue weighted by Gasteiger charge is 2.22. The molecule has 0 aliphatic carbocycles. The number of hydrogen-bond donors (Lipinski definition) is 1. The Morgan fingerprint density at radius 3 is 2.83 bits per heavy atom. The fraction of sp³-hybridized carbons (Fsp3) is 0.400. The molecule has 1 aliphatic heterocycles. The van der Waals surface area contributed by atoms with Crippen LogP contribution in [0.25, 0.3) is 0 Å². The van der Waals surface area contributed by atoms with Gasteiger partial charge in [0.25, 0.3) is 0 Å². The quantitative estimate of drug-likeness (QED) is 0.828. The van der Waals surface area contributed by atoms with Gasteiger partial charge in [0.15, 0.2) is 0 Å². The van der Waals surface area contributed by atoms with Crippen molar-refractivity contribution in [3.8, 4) is 0 Å². The van der Waals surface area contributed by atoms with E-state index in [1.165, 1.54) is 0 Å². The molecule has 18 heavy (non-hydrogen) atoms. The van der Waals surface area contributed by atoms with Gasteiger partial charge in [-0.2, -0.15) is 0 Å². The minimum Gasteiger partial charge on any atom is -0.477 e. The van der Waals surface area contributed by atoms with E-state index in [4.69, 9.17) is 0 Å². The van der Waals surface area contributed by atoms with Gasteiger partial charge >= 0.3 is 5.97 Å². The molecule has 1 N–H and O–H groups in total. The SMILES string of the molecule is C=C/C=C1\C/C(=C\C(C)CC)C=C(C(=O)O)N1C. The second-order valence-corrected chi connectivity index (χ2v) is 4.59. The van der Waals surface area contributed by atoms with E-state index in [0.29, 0.717) is 11.6 Å². The zero-order valence-electron chi connectivity index (χ0n) is 11.3. The summed E-state index contributed by atoms with van der Waals surface area (Å²) in [6, 6.07) is 0. The summed E-state index contributed by atoms with van der Waals surface area (Å²) in [5.41, 5.74) is 2.33. The number of aliphatic carboxylic acids is 1. The van der Waals surface area contributed by atoms with E-state index in [0.717, 1.165) is 24.1 Å². The van der Waals surface area contributed by atoms with E-state index in [2.05, 4.69) is 26.5 Å². The summed E-state index contributed by atoms with van der Waals surface area (Å²) in [6.45, 7) is 7.93. The van der Waals surface area contributed by atoms with Crippen LogP contribution in [0.5, 0.6) is 0 Å². The van der Waals surface area contributed by atoms with Crippen molar-refractivity contribution in [2.45, 2.75) is 26.7 Å². The molecule has 0 saturated heterocycles. The molecule has 0 aromatic carbocycles. The molecule has 98 valence electrons. The lowest BCUT2D eigenvalue weighted by Crippen LogP contribution is -2.26. The second kappa shape index (κ2) is 6.24. The van der Waals surface area contributed by atoms with E-state index in [1.54, 1.807) is 24.1 Å². The Balaban J connectivity index is 3.16. The predicted octanol–water partition coefficient (Wildman–Crippen LogP) is 3.33. The molecule has 0 radical (unpaired) electrons. The standard InChI is InChI=1S/C15H21NO2/c1-5-7-13-9-12(8-11(3)6-2)10-14(15(17)18)16(13)4/h5,7-8,10-11H,1,6,9H2,2-4H3,(H,17,18)/b12-8+,13-7+. The Morgan fingerprint density at radius 1 is 1.67 bits per heavy atom. The van der Waals surface area contributed by atoms with Crippen LogP contribution in [0.1, 0.15) is 26.7 Å². The normalized spacial score (nSPS) is 21.9. The van der Waals surface area contributed by atoms with Crippen molar-refractivity contribution in [1.82, 2.24) is 4.90 Å². The fourth-order valence-corrected chi connectivity index (χ4v) is 1.91. The summed E-state index contributed by atoms with van der Waals surface area (Å²) in [7, 11) is 1.77. The summed E-state index contributed by atoms with van der Waals surface area (Å²) in [4.78, 5) is 12.9. The van der Waals surface area contributed by atoms with Gasteiger partial charge in [-0.3, -0.25) is 0 Å². The Kier molecular flexibility index (Phi) is 4.95. The molecule has 0 amide bonds. The molecule has 1 rings (SSSR count). The first-order valence-corrected chi connectivity index (χ1v) is 6.20. The maximum Gasteiger partial charge on any atom is 0.352 e. The van der Waals surface area contributed by atoms with Crippen LogP contribution < -0.4 is 0 Å². The van der Waals surface area contributed by atoms with E-state index < -0.39 is 5.97 Å². The van der Waals surface area contributed by atoms with Crippen LogP contribution in [0.4, 0.5) is 0 Å². The fourth-order valence-electron chi connectivity index (χ4n) is 1.91. The van der Waals surface area contributed by atoms with Crippen molar-refractivity contribution >= 4 is 5.97 Å². The average molecular weight is 247 g/mol. The number of likely N-dealkylation sites (N-methyl/N-ethyl adjacent to an activating group) is 1. The summed E-state index contributed by atoms with van der Waals surface area (Å²) in [5.74, 6) is -0.443. The molecule has 0 spiro atoms. The number of nitrogens with zero attached hydrogens (tertiary/aromatic N) is 1. The van der Waals surface area contributed by atoms with Crippen LogP contribution >= 0.6 is 0 Å². The van der Waals surface area contributed by atoms with Gasteiger partial charge in [0, 0.05) is 19.2 Å². The van der Waals surface area contributed by atoms with Crippen molar-refractivity contribution in [2.75, 3.05) is 7.05 Å². The van der Waals surface area contributed by atoms with E-state index in [-0.39, 0.29) is 0 Å². The Labute approximate surface area is 109 Å². The number of carboxylic acids is 1. The minimum atomic E-state index is -0.901. The second-order valence-electron chi connectivity index (χ2n) is 4.59. The highest BCUT2D eigenvalue weighted by molar-refractivity contribution is 5.87. The lowest BCUT2D eigenvalue weighted by molar-refractivity contribution is -0.134. The monoisotopic (exact) mass is 247 g/mol. The van der Waals surface area contributed by atoms with Crippen LogP contribution in [0.2, 0.25) is 0 Å². The summed E-state index contributed by atoms with van der Waals surface area (Å²) in [6.07, 6.45) is 9.26. The Hall–Kier alpha value is -1.77. The third kappa shape index (κ3) is 3.36. The highest BCUT2D eigenvalue weighted by atomic mass is 16.4. The molecule has 3 nitrogen and oxygen atoms in total. The molecule has 1 atom stereocenters. The van der Waals surface area contributed by atoms with Crippen molar-refractivity contribution in [3.05, 3.63) is 47.9 Å². The van der Waals surface area contributed by atoms with Gasteiger partial charge in [0.1, 0.15) is 5.70 Å². The Bertz CT molecular complexity index is 430. The van der Waals surface area contributed by atoms with Gasteiger partial charge in [-0.25, -0.2) is 4.79 Å². The third-order valence-corrected chi connectivity index (χ3v) is 3.17. The zero-order chi connectivity index (χ0) is 13.7. The Morgan fingerprint density at radius 2 is 2.33 bits per heavy atom. The predicted molar refractivity (Wildman–Crippen MR) is 73.9 cm³/mol. The van der Waals surface area contributed by atoms with Gasteiger partial charge in [-0.15, -0.1) is 0 Å². The van der Waals surface area contributed by atoms with E-state index in [9.17, 15) is 9.90 Å². The van der Waals surface area contributed by atoms with Crippen molar-refractivity contribution in [3.63, 3.8) is 0 Å². The number of hydrogen-bond acceptors (Lipinski definition) is 2. The molecule has 3 heteroatoms. The summed E-state index contributed by atoms with van der Waals surface area (Å²) >= 11 is 0. The maximum atomic E-state index is 11.2. The molecule has 0 bridgehead atoms. The summed E-state index contributed by atoms with van der Waals surface area (Å²) in [5, 5.41) is 9.21. The average Bonchev–Trinajstić information content (AvgIpc) is 2.32. The molecule has 1 aliphatic rings. The summed E-state index contributed by atoms with van der Waals surface area (Å²) < 4.78 is 0. The van der Waals surface area contributed by atoms with Gasteiger partial charge in [0.05, 0.1) is 0 Å². The van der Waals surface area contributed by atoms with Crippen LogP contribution in [0.3, 0.4) is 0 Å². The van der Waals surface area contributed by atoms with Crippen molar-refractivity contribution < 1.29 is 9.90 Å². The smallest absolute Gasteiger partial charge is 0.352 e. The number of carboxylic acid groups (broad SMARTS) is 1. The molecule has 1 heterocycles. The van der Waals surface area contributed by atoms with Crippen LogP contribution in [0.15, 0.2) is 47.9 Å². The largest absolute Gasteiger partial charge is 0.477 e. The van der Waals surface area contributed by atoms with Crippen molar-refractivity contribution in [1.29, 1.82) is 0 Å². The maximum absolute atomic E-state index is 11.2. The number of carbonyl (C=O) groups is 1. The number of allylic oxidation sites excluding steroid dienone is 5. The van der Waals surface area contributed by atoms with E-state index >= 15 is 0 Å². The molecule has 1 unspecified atom stereocenters. The molecular formula is C15H21NO2. The number of rotatable bonds is 4. The topological polar surface area (TPSA) is 40.5 Å². The van der Waals surface area contributed by atoms with Crippen LogP contribution in [-0.2, 0) is 4.79 Å². The van der Waals surface area contributed by atoms with Gasteiger partial charge in [-0.1, -0.05) is 39.0 Å². The van der Waals surface area contributed by atoms with Gasteiger partial charge in [-0.05, 0) is 23.6 Å². The third-order valence-electron chi connectivity index (χ3n) is 3.17. The molecule has 0 saturated carbocycles. The first-order valence-electron chi connectivity index (χ1n) is 6.20. The van der Waals surface area contributed by atoms with Gasteiger partial charge in [0.2, 0.25) is 0 Å². The highest BCUT2D eigenvalue weighted by Crippen LogP contribution is 2.28. The lowest BCUT2D eigenvalue weighted by atomic mass is 9.97. The van der Waals surface area contributed by atoms with Gasteiger partial charge < -0.3 is 10.0 Å². The zero-order valence-corrected chi connectivity index (χ0v) is 11.3. The van der Waals surface area contributed by atoms with Crippen LogP contribution in [0, 0.1) is 5.92 Å². The first kappa shape index (κ1) is 14.3. The molecular weight excluding hydrogens is 226 g/mol. The molecule has 0 aromatic heterocycles. The van der Waals surface area contributed by atoms with Crippen molar-refractivity contribution in [2.24, 2.45) is 5.92 Å². The minimum absolute atomic E-state index is 0.309. The van der Waals surface area contributed by atoms with Crippen LogP contribution in [-0.4, -0.2) is 23.0 Å². The molecule has 0 fully saturated rings. The lowest BCUT2D eigenvalue weighted by Gasteiger charge is -2.28. The first-order chi connectivity index (χ1) is 8.49.